The Labute approximate surface area is 142 Å². The van der Waals surface area contributed by atoms with Gasteiger partial charge < -0.3 is 4.57 Å². The van der Waals surface area contributed by atoms with Gasteiger partial charge >= 0.3 is 0 Å². The third-order valence-corrected chi connectivity index (χ3v) is 5.22. The molecule has 0 spiro atoms. The number of benzene rings is 2. The summed E-state index contributed by atoms with van der Waals surface area (Å²) < 4.78 is 16.8. The number of halogens is 1. The number of fused-ring (bicyclic) bond motifs is 1. The fourth-order valence-corrected chi connectivity index (χ4v) is 4.01. The highest BCUT2D eigenvalue weighted by Gasteiger charge is 2.28. The van der Waals surface area contributed by atoms with E-state index in [-0.39, 0.29) is 5.82 Å². The van der Waals surface area contributed by atoms with Crippen molar-refractivity contribution in [3.05, 3.63) is 83.3 Å². The smallest absolute Gasteiger partial charge is 0.132 e. The molecule has 0 fully saturated rings. The van der Waals surface area contributed by atoms with E-state index in [1.807, 2.05) is 18.2 Å². The maximum absolute atomic E-state index is 14.5. The standard InChI is InChI=1S/C22H22FN/c1-2-17-12-13-18-20(17)15-24(14-16-8-4-3-5-9-16)22(18)19-10-6-7-11-21(19)23/h3-11,15,17H,2,12-14H2,1H3. The second kappa shape index (κ2) is 6.27. The van der Waals surface area contributed by atoms with Crippen molar-refractivity contribution >= 4 is 0 Å². The molecular weight excluding hydrogens is 297 g/mol. The van der Waals surface area contributed by atoms with Gasteiger partial charge in [0.05, 0.1) is 5.69 Å². The number of hydrogen-bond acceptors (Lipinski definition) is 0. The van der Waals surface area contributed by atoms with Crippen LogP contribution in [0.3, 0.4) is 0 Å². The minimum Gasteiger partial charge on any atom is -0.342 e. The summed E-state index contributed by atoms with van der Waals surface area (Å²) in [5, 5.41) is 0. The van der Waals surface area contributed by atoms with Crippen LogP contribution in [-0.4, -0.2) is 4.57 Å². The van der Waals surface area contributed by atoms with Gasteiger partial charge in [-0.15, -0.1) is 0 Å². The number of hydrogen-bond donors (Lipinski definition) is 0. The highest BCUT2D eigenvalue weighted by molar-refractivity contribution is 5.68. The number of aromatic nitrogens is 1. The lowest BCUT2D eigenvalue weighted by Gasteiger charge is -2.13. The van der Waals surface area contributed by atoms with Crippen LogP contribution in [0, 0.1) is 5.82 Å². The molecule has 0 saturated carbocycles. The van der Waals surface area contributed by atoms with Gasteiger partial charge in [0.2, 0.25) is 0 Å². The maximum atomic E-state index is 14.5. The summed E-state index contributed by atoms with van der Waals surface area (Å²) in [6, 6.07) is 17.6. The van der Waals surface area contributed by atoms with Gasteiger partial charge in [-0.3, -0.25) is 0 Å². The third kappa shape index (κ3) is 2.56. The van der Waals surface area contributed by atoms with Crippen molar-refractivity contribution in [2.75, 3.05) is 0 Å². The summed E-state index contributed by atoms with van der Waals surface area (Å²) in [5.41, 5.74) is 5.82. The zero-order valence-electron chi connectivity index (χ0n) is 14.0. The number of rotatable bonds is 4. The molecule has 1 atom stereocenters. The van der Waals surface area contributed by atoms with Crippen LogP contribution in [0.4, 0.5) is 4.39 Å². The van der Waals surface area contributed by atoms with Crippen LogP contribution in [0.5, 0.6) is 0 Å². The van der Waals surface area contributed by atoms with Gasteiger partial charge in [0.1, 0.15) is 5.82 Å². The van der Waals surface area contributed by atoms with Gasteiger partial charge in [0.15, 0.2) is 0 Å². The first kappa shape index (κ1) is 15.2. The summed E-state index contributed by atoms with van der Waals surface area (Å²) >= 11 is 0. The van der Waals surface area contributed by atoms with Gasteiger partial charge in [-0.1, -0.05) is 49.4 Å². The summed E-state index contributed by atoms with van der Waals surface area (Å²) in [7, 11) is 0. The van der Waals surface area contributed by atoms with E-state index in [4.69, 9.17) is 0 Å². The van der Waals surface area contributed by atoms with Crippen LogP contribution in [0.2, 0.25) is 0 Å². The SMILES string of the molecule is CCC1CCc2c1cn(Cc1ccccc1)c2-c1ccccc1F. The highest BCUT2D eigenvalue weighted by atomic mass is 19.1. The molecule has 2 heteroatoms. The van der Waals surface area contributed by atoms with Crippen LogP contribution >= 0.6 is 0 Å². The molecule has 1 aliphatic carbocycles. The lowest BCUT2D eigenvalue weighted by atomic mass is 10.0. The largest absolute Gasteiger partial charge is 0.342 e. The Kier molecular flexibility index (Phi) is 3.97. The van der Waals surface area contributed by atoms with Gasteiger partial charge in [0.25, 0.3) is 0 Å². The first-order valence-corrected chi connectivity index (χ1v) is 8.78. The molecule has 2 aromatic carbocycles. The fourth-order valence-electron chi connectivity index (χ4n) is 4.01. The van der Waals surface area contributed by atoms with E-state index in [0.29, 0.717) is 5.92 Å². The normalized spacial score (nSPS) is 16.3. The van der Waals surface area contributed by atoms with Gasteiger partial charge in [-0.05, 0) is 54.0 Å². The molecule has 0 bridgehead atoms. The van der Waals surface area contributed by atoms with Crippen molar-refractivity contribution in [3.8, 4) is 11.3 Å². The van der Waals surface area contributed by atoms with Crippen LogP contribution in [-0.2, 0) is 13.0 Å². The van der Waals surface area contributed by atoms with E-state index >= 15 is 0 Å². The lowest BCUT2D eigenvalue weighted by Crippen LogP contribution is -2.03. The average Bonchev–Trinajstić information content (AvgIpc) is 3.15. The monoisotopic (exact) mass is 319 g/mol. The molecule has 0 amide bonds. The average molecular weight is 319 g/mol. The molecular formula is C22H22FN. The summed E-state index contributed by atoms with van der Waals surface area (Å²) in [6.07, 6.45) is 5.67. The number of nitrogens with zero attached hydrogens (tertiary/aromatic N) is 1. The first-order chi connectivity index (χ1) is 11.8. The van der Waals surface area contributed by atoms with Crippen molar-refractivity contribution in [1.82, 2.24) is 4.57 Å². The van der Waals surface area contributed by atoms with Crippen molar-refractivity contribution in [2.24, 2.45) is 0 Å². The van der Waals surface area contributed by atoms with E-state index in [2.05, 4.69) is 42.0 Å². The lowest BCUT2D eigenvalue weighted by molar-refractivity contribution is 0.626. The second-order valence-corrected chi connectivity index (χ2v) is 6.65. The quantitative estimate of drug-likeness (QED) is 0.574. The van der Waals surface area contributed by atoms with E-state index < -0.39 is 0 Å². The Balaban J connectivity index is 1.86. The van der Waals surface area contributed by atoms with Gasteiger partial charge in [-0.25, -0.2) is 4.39 Å². The maximum Gasteiger partial charge on any atom is 0.132 e. The molecule has 1 aromatic heterocycles. The second-order valence-electron chi connectivity index (χ2n) is 6.65. The predicted octanol–water partition coefficient (Wildman–Crippen LogP) is 5.78. The summed E-state index contributed by atoms with van der Waals surface area (Å²) in [4.78, 5) is 0. The molecule has 4 rings (SSSR count). The molecule has 0 aliphatic heterocycles. The molecule has 0 radical (unpaired) electrons. The first-order valence-electron chi connectivity index (χ1n) is 8.78. The Morgan fingerprint density at radius 3 is 2.54 bits per heavy atom. The topological polar surface area (TPSA) is 4.93 Å². The molecule has 24 heavy (non-hydrogen) atoms. The van der Waals surface area contributed by atoms with Crippen molar-refractivity contribution in [1.29, 1.82) is 0 Å². The van der Waals surface area contributed by atoms with Gasteiger partial charge in [-0.2, -0.15) is 0 Å². The molecule has 1 heterocycles. The molecule has 1 aliphatic rings. The molecule has 0 saturated heterocycles. The van der Waals surface area contributed by atoms with Gasteiger partial charge in [0, 0.05) is 18.3 Å². The van der Waals surface area contributed by atoms with Crippen LogP contribution in [0.1, 0.15) is 42.4 Å². The Bertz CT molecular complexity index is 848. The van der Waals surface area contributed by atoms with Crippen molar-refractivity contribution in [2.45, 2.75) is 38.6 Å². The van der Waals surface area contributed by atoms with E-state index in [9.17, 15) is 4.39 Å². The highest BCUT2D eigenvalue weighted by Crippen LogP contribution is 2.42. The van der Waals surface area contributed by atoms with Crippen molar-refractivity contribution < 1.29 is 4.39 Å². The van der Waals surface area contributed by atoms with Crippen molar-refractivity contribution in [3.63, 3.8) is 0 Å². The van der Waals surface area contributed by atoms with Crippen LogP contribution in [0.25, 0.3) is 11.3 Å². The fraction of sp³-hybridized carbons (Fsp3) is 0.273. The molecule has 3 aromatic rings. The molecule has 122 valence electrons. The Hall–Kier alpha value is -2.35. The summed E-state index contributed by atoms with van der Waals surface area (Å²) in [5.74, 6) is 0.482. The zero-order valence-corrected chi connectivity index (χ0v) is 14.0. The molecule has 0 N–H and O–H groups in total. The van der Waals surface area contributed by atoms with E-state index in [1.165, 1.54) is 23.1 Å². The third-order valence-electron chi connectivity index (χ3n) is 5.22. The van der Waals surface area contributed by atoms with E-state index in [0.717, 1.165) is 30.6 Å². The minimum atomic E-state index is -0.132. The Morgan fingerprint density at radius 1 is 1.04 bits per heavy atom. The zero-order chi connectivity index (χ0) is 16.5. The van der Waals surface area contributed by atoms with E-state index in [1.54, 1.807) is 12.1 Å². The predicted molar refractivity (Wildman–Crippen MR) is 96.7 cm³/mol. The molecule has 1 unspecified atom stereocenters. The summed E-state index contributed by atoms with van der Waals surface area (Å²) in [6.45, 7) is 3.03. The molecule has 1 nitrogen and oxygen atoms in total. The Morgan fingerprint density at radius 2 is 1.79 bits per heavy atom. The minimum absolute atomic E-state index is 0.132. The van der Waals surface area contributed by atoms with Crippen LogP contribution < -0.4 is 0 Å². The van der Waals surface area contributed by atoms with Crippen LogP contribution in [0.15, 0.2) is 60.8 Å².